The molecule has 7 aromatic rings. The molecule has 0 radical (unpaired) electrons. The summed E-state index contributed by atoms with van der Waals surface area (Å²) in [5.74, 6) is 0. The summed E-state index contributed by atoms with van der Waals surface area (Å²) in [5, 5.41) is 12.7. The maximum absolute atomic E-state index is 10.4. The molecule has 0 spiro atoms. The van der Waals surface area contributed by atoms with Crippen molar-refractivity contribution in [1.29, 1.82) is 5.26 Å². The van der Waals surface area contributed by atoms with Crippen molar-refractivity contribution in [2.75, 3.05) is 0 Å². The normalized spacial score (nSPS) is 11.1. The predicted molar refractivity (Wildman–Crippen MR) is 168 cm³/mol. The first kappa shape index (κ1) is 24.6. The Morgan fingerprint density at radius 3 is 1.85 bits per heavy atom. The summed E-state index contributed by atoms with van der Waals surface area (Å²) in [6, 6.07) is 46.9. The molecule has 0 fully saturated rings. The monoisotopic (exact) mass is 526 g/mol. The van der Waals surface area contributed by atoms with Crippen molar-refractivity contribution >= 4 is 21.8 Å². The van der Waals surface area contributed by atoms with Crippen LogP contribution in [0.25, 0.3) is 61.0 Å². The van der Waals surface area contributed by atoms with Crippen LogP contribution in [0.1, 0.15) is 11.1 Å². The fourth-order valence-electron chi connectivity index (χ4n) is 6.08. The highest BCUT2D eigenvalue weighted by Crippen LogP contribution is 2.43. The Morgan fingerprint density at radius 2 is 1.17 bits per heavy atom. The number of rotatable bonds is 4. The summed E-state index contributed by atoms with van der Waals surface area (Å²) in [5.41, 5.74) is 11.7. The molecule has 0 bridgehead atoms. The Bertz CT molecular complexity index is 2100. The van der Waals surface area contributed by atoms with E-state index in [0.29, 0.717) is 5.56 Å². The fraction of sp³-hybridized carbons (Fsp3) is 0.0526. The molecule has 0 atom stereocenters. The summed E-state index contributed by atoms with van der Waals surface area (Å²) >= 11 is 0. The smallest absolute Gasteiger partial charge is 0.214 e. The second-order valence-corrected chi connectivity index (χ2v) is 10.5. The molecular formula is C38H28N3+. The van der Waals surface area contributed by atoms with Crippen molar-refractivity contribution in [2.24, 2.45) is 7.05 Å². The van der Waals surface area contributed by atoms with Crippen molar-refractivity contribution in [1.82, 2.24) is 4.57 Å². The number of pyridine rings is 1. The molecule has 0 N–H and O–H groups in total. The van der Waals surface area contributed by atoms with Gasteiger partial charge in [0.2, 0.25) is 5.69 Å². The minimum absolute atomic E-state index is 0.661. The van der Waals surface area contributed by atoms with Crippen LogP contribution in [-0.2, 0) is 7.05 Å². The fourth-order valence-corrected chi connectivity index (χ4v) is 6.08. The first-order valence-electron chi connectivity index (χ1n) is 13.8. The number of fused-ring (bicyclic) bond motifs is 3. The van der Waals surface area contributed by atoms with Crippen LogP contribution in [0.5, 0.6) is 0 Å². The van der Waals surface area contributed by atoms with Gasteiger partial charge in [0.25, 0.3) is 0 Å². The highest BCUT2D eigenvalue weighted by molar-refractivity contribution is 6.18. The molecule has 0 aliphatic heterocycles. The molecule has 0 saturated heterocycles. The summed E-state index contributed by atoms with van der Waals surface area (Å²) in [6.45, 7) is 2.18. The number of aromatic nitrogens is 2. The molecule has 194 valence electrons. The maximum atomic E-state index is 10.4. The quantitative estimate of drug-likeness (QED) is 0.211. The van der Waals surface area contributed by atoms with Gasteiger partial charge >= 0.3 is 0 Å². The summed E-state index contributed by atoms with van der Waals surface area (Å²) in [6.07, 6.45) is 2.09. The van der Waals surface area contributed by atoms with E-state index in [9.17, 15) is 5.26 Å². The predicted octanol–water partition coefficient (Wildman–Crippen LogP) is 8.79. The van der Waals surface area contributed by atoms with E-state index in [1.165, 1.54) is 22.1 Å². The van der Waals surface area contributed by atoms with Crippen molar-refractivity contribution in [3.8, 4) is 45.3 Å². The Hall–Kier alpha value is -5.46. The molecule has 0 aliphatic carbocycles. The molecule has 2 heterocycles. The lowest BCUT2D eigenvalue weighted by molar-refractivity contribution is -0.660. The molecule has 41 heavy (non-hydrogen) atoms. The van der Waals surface area contributed by atoms with E-state index < -0.39 is 0 Å². The van der Waals surface area contributed by atoms with Crippen LogP contribution in [0.2, 0.25) is 0 Å². The van der Waals surface area contributed by atoms with E-state index >= 15 is 0 Å². The van der Waals surface area contributed by atoms with Crippen LogP contribution in [0.3, 0.4) is 0 Å². The largest absolute Gasteiger partial charge is 0.308 e. The molecule has 5 aromatic carbocycles. The topological polar surface area (TPSA) is 32.6 Å². The van der Waals surface area contributed by atoms with E-state index in [1.807, 2.05) is 18.2 Å². The maximum Gasteiger partial charge on any atom is 0.214 e. The third-order valence-corrected chi connectivity index (χ3v) is 8.03. The van der Waals surface area contributed by atoms with Gasteiger partial charge in [-0.25, -0.2) is 4.57 Å². The number of nitrogens with zero attached hydrogens (tertiary/aromatic N) is 3. The number of nitriles is 1. The van der Waals surface area contributed by atoms with Gasteiger partial charge in [-0.3, -0.25) is 0 Å². The van der Waals surface area contributed by atoms with Crippen LogP contribution in [0.4, 0.5) is 0 Å². The molecule has 0 aliphatic rings. The third-order valence-electron chi connectivity index (χ3n) is 8.03. The Labute approximate surface area is 239 Å². The van der Waals surface area contributed by atoms with Gasteiger partial charge in [0.05, 0.1) is 28.2 Å². The van der Waals surface area contributed by atoms with Crippen LogP contribution >= 0.6 is 0 Å². The van der Waals surface area contributed by atoms with Gasteiger partial charge in [-0.1, -0.05) is 91.0 Å². The van der Waals surface area contributed by atoms with Crippen LogP contribution in [-0.4, -0.2) is 4.57 Å². The molecule has 3 heteroatoms. The second kappa shape index (κ2) is 9.93. The van der Waals surface area contributed by atoms with Gasteiger partial charge in [0.1, 0.15) is 7.05 Å². The lowest BCUT2D eigenvalue weighted by Gasteiger charge is -2.15. The highest BCUT2D eigenvalue weighted by Gasteiger charge is 2.25. The lowest BCUT2D eigenvalue weighted by Crippen LogP contribution is -2.30. The number of para-hydroxylation sites is 1. The average molecular weight is 527 g/mol. The first-order chi connectivity index (χ1) is 20.2. The van der Waals surface area contributed by atoms with E-state index in [0.717, 1.165) is 44.5 Å². The third kappa shape index (κ3) is 4.01. The molecule has 3 nitrogen and oxygen atoms in total. The van der Waals surface area contributed by atoms with Crippen molar-refractivity contribution in [3.05, 3.63) is 145 Å². The summed E-state index contributed by atoms with van der Waals surface area (Å²) < 4.78 is 4.54. The van der Waals surface area contributed by atoms with Gasteiger partial charge < -0.3 is 4.57 Å². The average Bonchev–Trinajstić information content (AvgIpc) is 3.36. The number of hydrogen-bond donors (Lipinski definition) is 0. The molecule has 7 rings (SSSR count). The zero-order valence-corrected chi connectivity index (χ0v) is 23.0. The molecular weight excluding hydrogens is 498 g/mol. The van der Waals surface area contributed by atoms with E-state index in [2.05, 4.69) is 145 Å². The van der Waals surface area contributed by atoms with Gasteiger partial charge in [-0.15, -0.1) is 0 Å². The minimum atomic E-state index is 0.661. The van der Waals surface area contributed by atoms with Gasteiger partial charge in [-0.2, -0.15) is 5.26 Å². The molecule has 0 amide bonds. The summed E-state index contributed by atoms with van der Waals surface area (Å²) in [4.78, 5) is 0. The van der Waals surface area contributed by atoms with E-state index in [4.69, 9.17) is 0 Å². The van der Waals surface area contributed by atoms with Crippen LogP contribution < -0.4 is 4.57 Å². The Kier molecular flexibility index (Phi) is 5.95. The van der Waals surface area contributed by atoms with Crippen molar-refractivity contribution in [2.45, 2.75) is 6.92 Å². The lowest BCUT2D eigenvalue weighted by atomic mass is 9.94. The summed E-state index contributed by atoms with van der Waals surface area (Å²) in [7, 11) is 2.09. The van der Waals surface area contributed by atoms with Crippen molar-refractivity contribution < 1.29 is 4.57 Å². The number of benzene rings is 5. The molecule has 0 saturated carbocycles. The minimum Gasteiger partial charge on any atom is -0.308 e. The van der Waals surface area contributed by atoms with E-state index in [-0.39, 0.29) is 0 Å². The van der Waals surface area contributed by atoms with Crippen LogP contribution in [0.15, 0.2) is 134 Å². The second-order valence-electron chi connectivity index (χ2n) is 10.5. The first-order valence-corrected chi connectivity index (χ1v) is 13.8. The van der Waals surface area contributed by atoms with Crippen LogP contribution in [0, 0.1) is 18.3 Å². The zero-order chi connectivity index (χ0) is 27.9. The number of hydrogen-bond acceptors (Lipinski definition) is 1. The van der Waals surface area contributed by atoms with Gasteiger partial charge in [-0.05, 0) is 53.4 Å². The zero-order valence-electron chi connectivity index (χ0n) is 23.0. The Balaban J connectivity index is 1.62. The van der Waals surface area contributed by atoms with Gasteiger partial charge in [0, 0.05) is 34.2 Å². The standard InChI is InChI=1S/C38H28N3/c1-26-16-22-32-33-23-21-30(25-39)36(29-19-17-28(18-20-29)27-11-5-3-6-12-27)38(33)41(31-13-7-4-8-14-31)37(32)35(26)34-15-9-10-24-40(34)2/h3-24H,1-2H3/q+1. The molecule has 0 unspecified atom stereocenters. The Morgan fingerprint density at radius 1 is 0.585 bits per heavy atom. The SMILES string of the molecule is Cc1ccc2c3ccc(C#N)c(-c4ccc(-c5ccccc5)cc4)c3n(-c3ccccc3)c2c1-c1cccc[n+]1C. The molecule has 2 aromatic heterocycles. The van der Waals surface area contributed by atoms with E-state index in [1.54, 1.807) is 0 Å². The van der Waals surface area contributed by atoms with Gasteiger partial charge in [0.15, 0.2) is 6.20 Å². The number of aryl methyl sites for hydroxylation is 2. The van der Waals surface area contributed by atoms with Crippen molar-refractivity contribution in [3.63, 3.8) is 0 Å². The highest BCUT2D eigenvalue weighted by atomic mass is 15.0.